The first-order chi connectivity index (χ1) is 9.19. The van der Waals surface area contributed by atoms with Crippen molar-refractivity contribution in [1.29, 1.82) is 0 Å². The van der Waals surface area contributed by atoms with Gasteiger partial charge in [0, 0.05) is 25.1 Å². The van der Waals surface area contributed by atoms with Crippen molar-refractivity contribution >= 4 is 17.2 Å². The van der Waals surface area contributed by atoms with Crippen molar-refractivity contribution in [1.82, 2.24) is 9.80 Å². The maximum atomic E-state index is 12.2. The maximum Gasteiger partial charge on any atom is 0.236 e. The van der Waals surface area contributed by atoms with Crippen LogP contribution in [0.4, 0.5) is 0 Å². The largest absolute Gasteiger partial charge is 0.396 e. The van der Waals surface area contributed by atoms with E-state index in [1.54, 1.807) is 16.2 Å². The maximum absolute atomic E-state index is 12.2. The van der Waals surface area contributed by atoms with Gasteiger partial charge in [0.1, 0.15) is 0 Å². The lowest BCUT2D eigenvalue weighted by atomic mass is 9.99. The SMILES string of the molecule is CN(Cc1cccs1)C(=O)CN1CCCC(CO)C1. The number of hydrogen-bond donors (Lipinski definition) is 1. The van der Waals surface area contributed by atoms with Crippen LogP contribution in [0.25, 0.3) is 0 Å². The molecule has 1 aliphatic heterocycles. The molecule has 5 heteroatoms. The number of hydrogen-bond acceptors (Lipinski definition) is 4. The van der Waals surface area contributed by atoms with E-state index in [4.69, 9.17) is 0 Å². The normalized spacial score (nSPS) is 20.4. The number of rotatable bonds is 5. The zero-order valence-electron chi connectivity index (χ0n) is 11.4. The molecular formula is C14H22N2O2S. The minimum atomic E-state index is 0.159. The van der Waals surface area contributed by atoms with Crippen molar-refractivity contribution in [3.8, 4) is 0 Å². The van der Waals surface area contributed by atoms with Crippen molar-refractivity contribution < 1.29 is 9.90 Å². The third kappa shape index (κ3) is 4.30. The number of piperidine rings is 1. The second kappa shape index (κ2) is 7.03. The Balaban J connectivity index is 1.79. The van der Waals surface area contributed by atoms with Gasteiger partial charge < -0.3 is 10.0 Å². The zero-order chi connectivity index (χ0) is 13.7. The number of likely N-dealkylation sites (tertiary alicyclic amines) is 1. The lowest BCUT2D eigenvalue weighted by Crippen LogP contribution is -2.43. The molecule has 0 spiro atoms. The van der Waals surface area contributed by atoms with Crippen LogP contribution in [-0.4, -0.2) is 54.1 Å². The van der Waals surface area contributed by atoms with E-state index in [-0.39, 0.29) is 12.5 Å². The summed E-state index contributed by atoms with van der Waals surface area (Å²) in [6.07, 6.45) is 2.15. The van der Waals surface area contributed by atoms with Crippen molar-refractivity contribution in [3.63, 3.8) is 0 Å². The number of amides is 1. The lowest BCUT2D eigenvalue weighted by Gasteiger charge is -2.32. The second-order valence-electron chi connectivity index (χ2n) is 5.26. The van der Waals surface area contributed by atoms with Gasteiger partial charge >= 0.3 is 0 Å². The van der Waals surface area contributed by atoms with Crippen LogP contribution < -0.4 is 0 Å². The molecule has 0 aromatic carbocycles. The van der Waals surface area contributed by atoms with Crippen molar-refractivity contribution in [3.05, 3.63) is 22.4 Å². The van der Waals surface area contributed by atoms with Gasteiger partial charge in [0.25, 0.3) is 0 Å². The molecule has 1 amide bonds. The second-order valence-corrected chi connectivity index (χ2v) is 6.29. The number of nitrogens with zero attached hydrogens (tertiary/aromatic N) is 2. The molecule has 19 heavy (non-hydrogen) atoms. The molecule has 1 unspecified atom stereocenters. The Morgan fingerprint density at radius 2 is 2.47 bits per heavy atom. The summed E-state index contributed by atoms with van der Waals surface area (Å²) in [5, 5.41) is 11.2. The number of aliphatic hydroxyl groups excluding tert-OH is 1. The van der Waals surface area contributed by atoms with Crippen LogP contribution in [-0.2, 0) is 11.3 Å². The van der Waals surface area contributed by atoms with E-state index in [0.29, 0.717) is 19.0 Å². The Labute approximate surface area is 118 Å². The van der Waals surface area contributed by atoms with E-state index in [2.05, 4.69) is 11.0 Å². The van der Waals surface area contributed by atoms with Crippen molar-refractivity contribution in [2.45, 2.75) is 19.4 Å². The summed E-state index contributed by atoms with van der Waals surface area (Å²) in [7, 11) is 1.86. The summed E-state index contributed by atoms with van der Waals surface area (Å²) < 4.78 is 0. The van der Waals surface area contributed by atoms with Crippen LogP contribution in [0.1, 0.15) is 17.7 Å². The average Bonchev–Trinajstić information content (AvgIpc) is 2.91. The Kier molecular flexibility index (Phi) is 5.36. The van der Waals surface area contributed by atoms with Gasteiger partial charge in [-0.2, -0.15) is 0 Å². The predicted molar refractivity (Wildman–Crippen MR) is 77.0 cm³/mol. The molecule has 1 aromatic heterocycles. The Morgan fingerprint density at radius 1 is 1.63 bits per heavy atom. The Bertz CT molecular complexity index is 394. The van der Waals surface area contributed by atoms with Crippen LogP contribution in [0.2, 0.25) is 0 Å². The first kappa shape index (κ1) is 14.5. The number of thiophene rings is 1. The van der Waals surface area contributed by atoms with E-state index in [9.17, 15) is 9.90 Å². The van der Waals surface area contributed by atoms with Gasteiger partial charge in [-0.1, -0.05) is 6.07 Å². The summed E-state index contributed by atoms with van der Waals surface area (Å²) in [5.41, 5.74) is 0. The zero-order valence-corrected chi connectivity index (χ0v) is 12.2. The summed E-state index contributed by atoms with van der Waals surface area (Å²) >= 11 is 1.68. The number of likely N-dealkylation sites (N-methyl/N-ethyl adjacent to an activating group) is 1. The van der Waals surface area contributed by atoms with E-state index in [1.807, 2.05) is 18.5 Å². The Hall–Kier alpha value is -0.910. The summed E-state index contributed by atoms with van der Waals surface area (Å²) in [6, 6.07) is 4.06. The third-order valence-electron chi connectivity index (χ3n) is 3.62. The smallest absolute Gasteiger partial charge is 0.236 e. The van der Waals surface area contributed by atoms with Crippen LogP contribution in [0.5, 0.6) is 0 Å². The van der Waals surface area contributed by atoms with E-state index >= 15 is 0 Å². The molecule has 2 heterocycles. The fraction of sp³-hybridized carbons (Fsp3) is 0.643. The molecule has 1 N–H and O–H groups in total. The van der Waals surface area contributed by atoms with Gasteiger partial charge in [-0.25, -0.2) is 0 Å². The number of carbonyl (C=O) groups is 1. The van der Waals surface area contributed by atoms with Crippen LogP contribution in [0.3, 0.4) is 0 Å². The predicted octanol–water partition coefficient (Wildman–Crippen LogP) is 1.41. The highest BCUT2D eigenvalue weighted by atomic mass is 32.1. The summed E-state index contributed by atoms with van der Waals surface area (Å²) in [4.78, 5) is 17.3. The highest BCUT2D eigenvalue weighted by molar-refractivity contribution is 7.09. The van der Waals surface area contributed by atoms with Gasteiger partial charge in [-0.3, -0.25) is 9.69 Å². The minimum absolute atomic E-state index is 0.159. The van der Waals surface area contributed by atoms with Gasteiger partial charge in [-0.15, -0.1) is 11.3 Å². The van der Waals surface area contributed by atoms with Crippen LogP contribution in [0, 0.1) is 5.92 Å². The topological polar surface area (TPSA) is 43.8 Å². The summed E-state index contributed by atoms with van der Waals surface area (Å²) in [6.45, 7) is 3.20. The molecule has 4 nitrogen and oxygen atoms in total. The first-order valence-electron chi connectivity index (χ1n) is 6.78. The van der Waals surface area contributed by atoms with Crippen LogP contribution >= 0.6 is 11.3 Å². The van der Waals surface area contributed by atoms with Gasteiger partial charge in [0.05, 0.1) is 13.1 Å². The van der Waals surface area contributed by atoms with Gasteiger partial charge in [0.2, 0.25) is 5.91 Å². The van der Waals surface area contributed by atoms with Crippen LogP contribution in [0.15, 0.2) is 17.5 Å². The molecule has 1 aromatic rings. The molecule has 106 valence electrons. The van der Waals surface area contributed by atoms with E-state index in [1.165, 1.54) is 4.88 Å². The van der Waals surface area contributed by atoms with E-state index < -0.39 is 0 Å². The first-order valence-corrected chi connectivity index (χ1v) is 7.66. The summed E-state index contributed by atoms with van der Waals surface area (Å²) in [5.74, 6) is 0.496. The molecule has 0 radical (unpaired) electrons. The van der Waals surface area contributed by atoms with Gasteiger partial charge in [-0.05, 0) is 36.8 Å². The number of carbonyl (C=O) groups excluding carboxylic acids is 1. The highest BCUT2D eigenvalue weighted by Gasteiger charge is 2.22. The molecule has 1 fully saturated rings. The van der Waals surface area contributed by atoms with E-state index in [0.717, 1.165) is 25.9 Å². The molecule has 1 atom stereocenters. The molecule has 0 bridgehead atoms. The monoisotopic (exact) mass is 282 g/mol. The third-order valence-corrected chi connectivity index (χ3v) is 4.48. The van der Waals surface area contributed by atoms with Crippen molar-refractivity contribution in [2.75, 3.05) is 33.3 Å². The quantitative estimate of drug-likeness (QED) is 0.888. The molecular weight excluding hydrogens is 260 g/mol. The molecule has 0 aliphatic carbocycles. The average molecular weight is 282 g/mol. The van der Waals surface area contributed by atoms with Gasteiger partial charge in [0.15, 0.2) is 0 Å². The molecule has 2 rings (SSSR count). The Morgan fingerprint density at radius 3 is 3.16 bits per heavy atom. The fourth-order valence-corrected chi connectivity index (χ4v) is 3.24. The lowest BCUT2D eigenvalue weighted by molar-refractivity contribution is -0.132. The highest BCUT2D eigenvalue weighted by Crippen LogP contribution is 2.16. The molecule has 1 saturated heterocycles. The standard InChI is InChI=1S/C14H22N2O2S/c1-15(9-13-5-3-7-19-13)14(18)10-16-6-2-4-12(8-16)11-17/h3,5,7,12,17H,2,4,6,8-11H2,1H3. The number of aliphatic hydroxyl groups is 1. The molecule has 1 aliphatic rings. The molecule has 0 saturated carbocycles. The van der Waals surface area contributed by atoms with Crippen molar-refractivity contribution in [2.24, 2.45) is 5.92 Å². The fourth-order valence-electron chi connectivity index (χ4n) is 2.48. The minimum Gasteiger partial charge on any atom is -0.396 e.